The van der Waals surface area contributed by atoms with Crippen LogP contribution in [0, 0.1) is 24.7 Å². The molecular formula is C18H27N3OS. The minimum Gasteiger partial charge on any atom is -0.348 e. The van der Waals surface area contributed by atoms with Gasteiger partial charge >= 0.3 is 0 Å². The molecule has 0 bridgehead atoms. The number of carbonyl (C=O) groups excluding carboxylic acids is 1. The lowest BCUT2D eigenvalue weighted by molar-refractivity contribution is -0.135. The van der Waals surface area contributed by atoms with Gasteiger partial charge in [0.1, 0.15) is 0 Å². The van der Waals surface area contributed by atoms with E-state index in [1.54, 1.807) is 11.3 Å². The molecular weight excluding hydrogens is 306 g/mol. The summed E-state index contributed by atoms with van der Waals surface area (Å²) in [6, 6.07) is 0. The van der Waals surface area contributed by atoms with Gasteiger partial charge in [0, 0.05) is 43.2 Å². The van der Waals surface area contributed by atoms with E-state index in [1.807, 2.05) is 6.20 Å². The number of thiazole rings is 1. The van der Waals surface area contributed by atoms with E-state index in [9.17, 15) is 4.79 Å². The van der Waals surface area contributed by atoms with Crippen molar-refractivity contribution in [2.24, 2.45) is 17.8 Å². The Morgan fingerprint density at radius 3 is 2.35 bits per heavy atom. The summed E-state index contributed by atoms with van der Waals surface area (Å²) in [5, 5.41) is 1.13. The first-order valence-electron chi connectivity index (χ1n) is 9.17. The summed E-state index contributed by atoms with van der Waals surface area (Å²) in [5.41, 5.74) is 0. The van der Waals surface area contributed by atoms with Gasteiger partial charge in [0.25, 0.3) is 0 Å². The molecule has 0 spiro atoms. The van der Waals surface area contributed by atoms with Crippen LogP contribution in [0.15, 0.2) is 6.20 Å². The molecule has 1 aromatic heterocycles. The standard InChI is InChI=1S/C18H27N3OS/c1-13-10-19-18(23-13)20-8-6-14(7-9-20)17(22)21-11-15-4-2-3-5-16(15)12-21/h10,14-16H,2-9,11-12H2,1H3. The first kappa shape index (κ1) is 15.4. The zero-order chi connectivity index (χ0) is 15.8. The summed E-state index contributed by atoms with van der Waals surface area (Å²) >= 11 is 1.76. The molecule has 4 nitrogen and oxygen atoms in total. The van der Waals surface area contributed by atoms with Gasteiger partial charge in [-0.05, 0) is 44.4 Å². The van der Waals surface area contributed by atoms with E-state index in [0.717, 1.165) is 56.0 Å². The summed E-state index contributed by atoms with van der Waals surface area (Å²) in [7, 11) is 0. The number of hydrogen-bond donors (Lipinski definition) is 0. The Morgan fingerprint density at radius 2 is 1.78 bits per heavy atom. The molecule has 3 heterocycles. The van der Waals surface area contributed by atoms with Gasteiger partial charge in [-0.2, -0.15) is 0 Å². The molecule has 3 fully saturated rings. The summed E-state index contributed by atoms with van der Waals surface area (Å²) in [4.78, 5) is 23.2. The fourth-order valence-corrected chi connectivity index (χ4v) is 5.46. The molecule has 2 aliphatic heterocycles. The number of fused-ring (bicyclic) bond motifs is 1. The lowest BCUT2D eigenvalue weighted by Crippen LogP contribution is -2.42. The molecule has 5 heteroatoms. The van der Waals surface area contributed by atoms with Crippen LogP contribution in [0.1, 0.15) is 43.4 Å². The molecule has 3 aliphatic rings. The Morgan fingerprint density at radius 1 is 1.13 bits per heavy atom. The molecule has 23 heavy (non-hydrogen) atoms. The molecule has 0 radical (unpaired) electrons. The molecule has 1 amide bonds. The molecule has 4 rings (SSSR count). The number of rotatable bonds is 2. The maximum atomic E-state index is 12.9. The van der Waals surface area contributed by atoms with Crippen molar-refractivity contribution in [2.45, 2.75) is 45.4 Å². The number of anilines is 1. The van der Waals surface area contributed by atoms with Crippen molar-refractivity contribution in [1.29, 1.82) is 0 Å². The molecule has 0 aromatic carbocycles. The molecule has 126 valence electrons. The number of carbonyl (C=O) groups is 1. The predicted molar refractivity (Wildman–Crippen MR) is 93.8 cm³/mol. The van der Waals surface area contributed by atoms with E-state index in [-0.39, 0.29) is 5.92 Å². The number of nitrogens with zero attached hydrogens (tertiary/aromatic N) is 3. The molecule has 2 unspecified atom stereocenters. The Balaban J connectivity index is 1.32. The molecule has 1 saturated carbocycles. The largest absolute Gasteiger partial charge is 0.348 e. The van der Waals surface area contributed by atoms with E-state index >= 15 is 0 Å². The van der Waals surface area contributed by atoms with Crippen LogP contribution >= 0.6 is 11.3 Å². The van der Waals surface area contributed by atoms with E-state index in [0.29, 0.717) is 5.91 Å². The molecule has 1 aliphatic carbocycles. The summed E-state index contributed by atoms with van der Waals surface area (Å²) in [5.74, 6) is 2.28. The first-order chi connectivity index (χ1) is 11.2. The van der Waals surface area contributed by atoms with E-state index < -0.39 is 0 Å². The van der Waals surface area contributed by atoms with Gasteiger partial charge in [0.2, 0.25) is 5.91 Å². The van der Waals surface area contributed by atoms with Crippen molar-refractivity contribution >= 4 is 22.4 Å². The van der Waals surface area contributed by atoms with Crippen molar-refractivity contribution in [1.82, 2.24) is 9.88 Å². The zero-order valence-electron chi connectivity index (χ0n) is 14.0. The highest BCUT2D eigenvalue weighted by molar-refractivity contribution is 7.15. The van der Waals surface area contributed by atoms with Crippen molar-refractivity contribution in [2.75, 3.05) is 31.1 Å². The van der Waals surface area contributed by atoms with Crippen molar-refractivity contribution in [3.8, 4) is 0 Å². The molecule has 1 aromatic rings. The van der Waals surface area contributed by atoms with Gasteiger partial charge in [0.05, 0.1) is 0 Å². The van der Waals surface area contributed by atoms with Gasteiger partial charge in [-0.25, -0.2) is 4.98 Å². The third-order valence-corrected chi connectivity index (χ3v) is 6.99. The number of amides is 1. The number of likely N-dealkylation sites (tertiary alicyclic amines) is 1. The maximum absolute atomic E-state index is 12.9. The summed E-state index contributed by atoms with van der Waals surface area (Å²) < 4.78 is 0. The van der Waals surface area contributed by atoms with Crippen molar-refractivity contribution < 1.29 is 4.79 Å². The average molecular weight is 334 g/mol. The van der Waals surface area contributed by atoms with Crippen LogP contribution in [0.5, 0.6) is 0 Å². The highest BCUT2D eigenvalue weighted by Gasteiger charge is 2.39. The number of piperidine rings is 1. The van der Waals surface area contributed by atoms with Crippen LogP contribution in [0.25, 0.3) is 0 Å². The lowest BCUT2D eigenvalue weighted by atomic mass is 9.82. The fraction of sp³-hybridized carbons (Fsp3) is 0.778. The average Bonchev–Trinajstić information content (AvgIpc) is 3.20. The van der Waals surface area contributed by atoms with Gasteiger partial charge in [-0.1, -0.05) is 12.8 Å². The zero-order valence-corrected chi connectivity index (χ0v) is 14.9. The minimum atomic E-state index is 0.243. The fourth-order valence-electron chi connectivity index (χ4n) is 4.65. The topological polar surface area (TPSA) is 36.4 Å². The van der Waals surface area contributed by atoms with Crippen LogP contribution in [0.4, 0.5) is 5.13 Å². The maximum Gasteiger partial charge on any atom is 0.225 e. The minimum absolute atomic E-state index is 0.243. The normalized spacial score (nSPS) is 28.9. The van der Waals surface area contributed by atoms with Gasteiger partial charge in [0.15, 0.2) is 5.13 Å². The second-order valence-corrected chi connectivity index (χ2v) is 8.78. The van der Waals surface area contributed by atoms with Crippen molar-refractivity contribution in [3.05, 3.63) is 11.1 Å². The van der Waals surface area contributed by atoms with E-state index in [4.69, 9.17) is 0 Å². The number of hydrogen-bond acceptors (Lipinski definition) is 4. The van der Waals surface area contributed by atoms with Crippen LogP contribution in [0.2, 0.25) is 0 Å². The quantitative estimate of drug-likeness (QED) is 0.833. The Labute approximate surface area is 142 Å². The predicted octanol–water partition coefficient (Wildman–Crippen LogP) is 3.32. The van der Waals surface area contributed by atoms with Gasteiger partial charge < -0.3 is 9.80 Å². The third-order valence-electron chi connectivity index (χ3n) is 6.01. The van der Waals surface area contributed by atoms with Crippen molar-refractivity contribution in [3.63, 3.8) is 0 Å². The second-order valence-electron chi connectivity index (χ2n) is 7.56. The third kappa shape index (κ3) is 3.12. The molecule has 2 atom stereocenters. The Bertz CT molecular complexity index is 550. The highest BCUT2D eigenvalue weighted by atomic mass is 32.1. The molecule has 2 saturated heterocycles. The van der Waals surface area contributed by atoms with Crippen LogP contribution in [-0.2, 0) is 4.79 Å². The highest BCUT2D eigenvalue weighted by Crippen LogP contribution is 2.37. The Hall–Kier alpha value is -1.10. The summed E-state index contributed by atoms with van der Waals surface area (Å²) in [6.45, 7) is 6.13. The van der Waals surface area contributed by atoms with Gasteiger partial charge in [-0.15, -0.1) is 11.3 Å². The van der Waals surface area contributed by atoms with Crippen LogP contribution in [-0.4, -0.2) is 42.0 Å². The lowest BCUT2D eigenvalue weighted by Gasteiger charge is -2.33. The van der Waals surface area contributed by atoms with Crippen LogP contribution in [0.3, 0.4) is 0 Å². The SMILES string of the molecule is Cc1cnc(N2CCC(C(=O)N3CC4CCCCC4C3)CC2)s1. The number of aromatic nitrogens is 1. The van der Waals surface area contributed by atoms with Gasteiger partial charge in [-0.3, -0.25) is 4.79 Å². The summed E-state index contributed by atoms with van der Waals surface area (Å²) in [6.07, 6.45) is 9.35. The first-order valence-corrected chi connectivity index (χ1v) is 9.98. The van der Waals surface area contributed by atoms with E-state index in [1.165, 1.54) is 30.6 Å². The second kappa shape index (κ2) is 6.42. The monoisotopic (exact) mass is 333 g/mol. The Kier molecular flexibility index (Phi) is 4.31. The number of aryl methyl sites for hydroxylation is 1. The van der Waals surface area contributed by atoms with Crippen LogP contribution < -0.4 is 4.90 Å². The van der Waals surface area contributed by atoms with E-state index in [2.05, 4.69) is 21.7 Å². The smallest absolute Gasteiger partial charge is 0.225 e. The molecule has 0 N–H and O–H groups in total.